The van der Waals surface area contributed by atoms with Crippen molar-refractivity contribution in [2.45, 2.75) is 18.3 Å². The van der Waals surface area contributed by atoms with Crippen LogP contribution in [0.1, 0.15) is 34.5 Å². The molecule has 1 saturated heterocycles. The average Bonchev–Trinajstić information content (AvgIpc) is 3.40. The zero-order chi connectivity index (χ0) is 19.8. The fourth-order valence-electron chi connectivity index (χ4n) is 4.20. The quantitative estimate of drug-likeness (QED) is 0.567. The molecule has 0 spiro atoms. The smallest absolute Gasteiger partial charge is 0.259 e. The molecular formula is C21H20N6OS. The van der Waals surface area contributed by atoms with Gasteiger partial charge in [-0.2, -0.15) is 5.10 Å². The molecule has 146 valence electrons. The second kappa shape index (κ2) is 6.97. The van der Waals surface area contributed by atoms with Crippen LogP contribution in [-0.4, -0.2) is 43.5 Å². The van der Waals surface area contributed by atoms with Crippen LogP contribution in [0.4, 0.5) is 5.13 Å². The SMILES string of the molecule is Nc1nc(C2(c3ccccc3)CCN(C(=O)c3cnn4cccnc34)CC2)cs1. The number of nitrogens with two attached hydrogens (primary N) is 1. The highest BCUT2D eigenvalue weighted by Gasteiger charge is 2.41. The second-order valence-electron chi connectivity index (χ2n) is 7.26. The van der Waals surface area contributed by atoms with E-state index in [0.717, 1.165) is 18.5 Å². The van der Waals surface area contributed by atoms with E-state index in [0.29, 0.717) is 29.4 Å². The minimum atomic E-state index is -0.231. The van der Waals surface area contributed by atoms with Gasteiger partial charge in [-0.15, -0.1) is 11.3 Å². The zero-order valence-corrected chi connectivity index (χ0v) is 16.5. The minimum absolute atomic E-state index is 0.0295. The monoisotopic (exact) mass is 404 g/mol. The highest BCUT2D eigenvalue weighted by atomic mass is 32.1. The summed E-state index contributed by atoms with van der Waals surface area (Å²) in [5, 5.41) is 6.87. The maximum absolute atomic E-state index is 13.2. The number of piperidine rings is 1. The van der Waals surface area contributed by atoms with Crippen LogP contribution in [0.15, 0.2) is 60.4 Å². The van der Waals surface area contributed by atoms with Crippen molar-refractivity contribution in [2.75, 3.05) is 18.8 Å². The van der Waals surface area contributed by atoms with Gasteiger partial charge in [-0.3, -0.25) is 4.79 Å². The number of anilines is 1. The Morgan fingerprint density at radius 3 is 2.66 bits per heavy atom. The minimum Gasteiger partial charge on any atom is -0.375 e. The molecule has 0 radical (unpaired) electrons. The van der Waals surface area contributed by atoms with E-state index in [2.05, 4.69) is 44.7 Å². The highest BCUT2D eigenvalue weighted by molar-refractivity contribution is 7.13. The number of carbonyl (C=O) groups excluding carboxylic acids is 1. The van der Waals surface area contributed by atoms with Crippen LogP contribution >= 0.6 is 11.3 Å². The number of benzene rings is 1. The van der Waals surface area contributed by atoms with Crippen molar-refractivity contribution < 1.29 is 4.79 Å². The Morgan fingerprint density at radius 2 is 1.93 bits per heavy atom. The molecule has 29 heavy (non-hydrogen) atoms. The molecule has 1 fully saturated rings. The Morgan fingerprint density at radius 1 is 1.14 bits per heavy atom. The molecule has 0 unspecified atom stereocenters. The largest absolute Gasteiger partial charge is 0.375 e. The van der Waals surface area contributed by atoms with Crippen molar-refractivity contribution >= 4 is 28.0 Å². The van der Waals surface area contributed by atoms with Gasteiger partial charge in [0.25, 0.3) is 5.91 Å². The number of rotatable bonds is 3. The number of nitrogens with zero attached hydrogens (tertiary/aromatic N) is 5. The van der Waals surface area contributed by atoms with E-state index in [1.165, 1.54) is 16.9 Å². The first-order chi connectivity index (χ1) is 14.2. The summed E-state index contributed by atoms with van der Waals surface area (Å²) in [5.41, 5.74) is 9.05. The van der Waals surface area contributed by atoms with Gasteiger partial charge in [-0.25, -0.2) is 14.5 Å². The summed E-state index contributed by atoms with van der Waals surface area (Å²) in [5.74, 6) is -0.0295. The Labute approximate surface area is 171 Å². The lowest BCUT2D eigenvalue weighted by Gasteiger charge is -2.41. The van der Waals surface area contributed by atoms with E-state index in [1.807, 2.05) is 11.0 Å². The molecule has 1 aliphatic heterocycles. The number of thiazole rings is 1. The molecule has 1 aromatic carbocycles. The van der Waals surface area contributed by atoms with Crippen molar-refractivity contribution in [3.05, 3.63) is 77.2 Å². The molecule has 7 nitrogen and oxygen atoms in total. The van der Waals surface area contributed by atoms with Gasteiger partial charge in [0.05, 0.1) is 11.9 Å². The van der Waals surface area contributed by atoms with Crippen molar-refractivity contribution in [2.24, 2.45) is 0 Å². The van der Waals surface area contributed by atoms with Gasteiger partial charge in [0.15, 0.2) is 10.8 Å². The Bertz CT molecular complexity index is 1160. The number of amides is 1. The maximum atomic E-state index is 13.2. The van der Waals surface area contributed by atoms with E-state index in [9.17, 15) is 4.79 Å². The number of nitrogen functional groups attached to an aromatic ring is 1. The van der Waals surface area contributed by atoms with Crippen molar-refractivity contribution in [1.82, 2.24) is 24.5 Å². The molecule has 1 amide bonds. The zero-order valence-electron chi connectivity index (χ0n) is 15.7. The standard InChI is InChI=1S/C21H20N6OS/c22-20-25-17(14-29-20)21(15-5-2-1-3-6-15)7-11-26(12-8-21)19(28)16-13-24-27-10-4-9-23-18(16)27/h1-6,9-10,13-14H,7-8,11-12H2,(H2,22,25). The van der Waals surface area contributed by atoms with Gasteiger partial charge in [-0.1, -0.05) is 30.3 Å². The van der Waals surface area contributed by atoms with Crippen LogP contribution in [0.3, 0.4) is 0 Å². The predicted molar refractivity (Wildman–Crippen MR) is 112 cm³/mol. The van der Waals surface area contributed by atoms with Crippen LogP contribution in [-0.2, 0) is 5.41 Å². The average molecular weight is 404 g/mol. The van der Waals surface area contributed by atoms with Crippen LogP contribution in [0.5, 0.6) is 0 Å². The molecule has 1 aliphatic rings. The first-order valence-electron chi connectivity index (χ1n) is 9.52. The van der Waals surface area contributed by atoms with Gasteiger partial charge in [-0.05, 0) is 24.5 Å². The molecule has 4 aromatic rings. The van der Waals surface area contributed by atoms with E-state index in [-0.39, 0.29) is 11.3 Å². The van der Waals surface area contributed by atoms with Crippen LogP contribution in [0.25, 0.3) is 5.65 Å². The van der Waals surface area contributed by atoms with Gasteiger partial charge >= 0.3 is 0 Å². The normalized spacial score (nSPS) is 16.2. The van der Waals surface area contributed by atoms with E-state index in [4.69, 9.17) is 5.73 Å². The lowest BCUT2D eigenvalue weighted by molar-refractivity contribution is 0.0686. The lowest BCUT2D eigenvalue weighted by Crippen LogP contribution is -2.46. The van der Waals surface area contributed by atoms with Gasteiger partial charge in [0.2, 0.25) is 0 Å². The van der Waals surface area contributed by atoms with Gasteiger partial charge in [0.1, 0.15) is 5.56 Å². The van der Waals surface area contributed by atoms with E-state index < -0.39 is 0 Å². The lowest BCUT2D eigenvalue weighted by atomic mass is 9.70. The summed E-state index contributed by atoms with van der Waals surface area (Å²) in [6, 6.07) is 12.2. The molecule has 0 bridgehead atoms. The number of carbonyl (C=O) groups is 1. The fraction of sp³-hybridized carbons (Fsp3) is 0.238. The molecule has 2 N–H and O–H groups in total. The number of fused-ring (bicyclic) bond motifs is 1. The first-order valence-corrected chi connectivity index (χ1v) is 10.4. The summed E-state index contributed by atoms with van der Waals surface area (Å²) >= 11 is 1.46. The third-order valence-corrected chi connectivity index (χ3v) is 6.43. The van der Waals surface area contributed by atoms with Gasteiger partial charge < -0.3 is 10.6 Å². The number of aromatic nitrogens is 4. The summed E-state index contributed by atoms with van der Waals surface area (Å²) in [6.07, 6.45) is 6.65. The van der Waals surface area contributed by atoms with Crippen LogP contribution < -0.4 is 5.73 Å². The third-order valence-electron chi connectivity index (χ3n) is 5.75. The summed E-state index contributed by atoms with van der Waals surface area (Å²) < 4.78 is 1.63. The van der Waals surface area contributed by atoms with E-state index >= 15 is 0 Å². The topological polar surface area (TPSA) is 89.4 Å². The predicted octanol–water partition coefficient (Wildman–Crippen LogP) is 2.99. The molecule has 8 heteroatoms. The molecule has 0 aliphatic carbocycles. The van der Waals surface area contributed by atoms with Gasteiger partial charge in [0, 0.05) is 36.3 Å². The molecule has 0 atom stereocenters. The molecule has 4 heterocycles. The summed E-state index contributed by atoms with van der Waals surface area (Å²) in [6.45, 7) is 1.27. The summed E-state index contributed by atoms with van der Waals surface area (Å²) in [7, 11) is 0. The first kappa shape index (κ1) is 17.8. The van der Waals surface area contributed by atoms with Crippen molar-refractivity contribution in [3.8, 4) is 0 Å². The Balaban J connectivity index is 1.44. The number of hydrogen-bond acceptors (Lipinski definition) is 6. The summed E-state index contributed by atoms with van der Waals surface area (Å²) in [4.78, 5) is 24.0. The third kappa shape index (κ3) is 2.96. The van der Waals surface area contributed by atoms with Crippen molar-refractivity contribution in [1.29, 1.82) is 0 Å². The second-order valence-corrected chi connectivity index (χ2v) is 8.15. The molecular weight excluding hydrogens is 384 g/mol. The highest BCUT2D eigenvalue weighted by Crippen LogP contribution is 2.42. The molecule has 3 aromatic heterocycles. The Hall–Kier alpha value is -3.26. The number of likely N-dealkylation sites (tertiary alicyclic amines) is 1. The van der Waals surface area contributed by atoms with Crippen molar-refractivity contribution in [3.63, 3.8) is 0 Å². The maximum Gasteiger partial charge on any atom is 0.259 e. The molecule has 5 rings (SSSR count). The van der Waals surface area contributed by atoms with Crippen LogP contribution in [0, 0.1) is 0 Å². The van der Waals surface area contributed by atoms with E-state index in [1.54, 1.807) is 29.2 Å². The Kier molecular flexibility index (Phi) is 4.28. The van der Waals surface area contributed by atoms with Crippen LogP contribution in [0.2, 0.25) is 0 Å². The molecule has 0 saturated carbocycles. The number of hydrogen-bond donors (Lipinski definition) is 1. The fourth-order valence-corrected chi connectivity index (χ4v) is 4.86.